The van der Waals surface area contributed by atoms with Gasteiger partial charge in [-0.2, -0.15) is 0 Å². The van der Waals surface area contributed by atoms with Crippen LogP contribution in [-0.4, -0.2) is 9.55 Å². The minimum Gasteiger partial charge on any atom is -0.321 e. The van der Waals surface area contributed by atoms with Crippen molar-refractivity contribution in [1.29, 1.82) is 0 Å². The van der Waals surface area contributed by atoms with E-state index in [1.807, 2.05) is 17.7 Å². The Bertz CT molecular complexity index is 568. The number of hydrogen-bond acceptors (Lipinski definition) is 2. The second-order valence-electron chi connectivity index (χ2n) is 4.57. The fourth-order valence-electron chi connectivity index (χ4n) is 1.97. The number of nitrogens with one attached hydrogen (secondary N) is 1. The van der Waals surface area contributed by atoms with Crippen LogP contribution >= 0.6 is 0 Å². The summed E-state index contributed by atoms with van der Waals surface area (Å²) >= 11 is 0. The summed E-state index contributed by atoms with van der Waals surface area (Å²) in [5, 5.41) is 2.75. The molecule has 0 atom stereocenters. The van der Waals surface area contributed by atoms with Gasteiger partial charge in [0.1, 0.15) is 17.3 Å². The average molecular weight is 249 g/mol. The molecule has 0 spiro atoms. The summed E-state index contributed by atoms with van der Waals surface area (Å²) in [6, 6.07) is 4.20. The molecule has 1 heterocycles. The van der Waals surface area contributed by atoms with Gasteiger partial charge in [0.15, 0.2) is 0 Å². The normalized spacial score (nSPS) is 14.8. The number of nitrogens with zero attached hydrogens (tertiary/aromatic N) is 2. The highest BCUT2D eigenvalue weighted by molar-refractivity contribution is 5.56. The predicted molar refractivity (Wildman–Crippen MR) is 64.9 cm³/mol. The largest absolute Gasteiger partial charge is 0.321 e. The van der Waals surface area contributed by atoms with Crippen LogP contribution in [0.25, 0.3) is 0 Å². The number of para-hydroxylation sites is 1. The van der Waals surface area contributed by atoms with E-state index in [4.69, 9.17) is 0 Å². The topological polar surface area (TPSA) is 29.9 Å². The fourth-order valence-corrected chi connectivity index (χ4v) is 1.97. The molecule has 1 N–H and O–H groups in total. The Kier molecular flexibility index (Phi) is 2.54. The molecular weight excluding hydrogens is 236 g/mol. The van der Waals surface area contributed by atoms with E-state index in [1.54, 1.807) is 0 Å². The van der Waals surface area contributed by atoms with Gasteiger partial charge in [0.05, 0.1) is 5.69 Å². The Balaban J connectivity index is 1.97. The van der Waals surface area contributed by atoms with Crippen molar-refractivity contribution < 1.29 is 8.78 Å². The van der Waals surface area contributed by atoms with E-state index in [9.17, 15) is 8.78 Å². The molecule has 0 bridgehead atoms. The molecule has 1 aliphatic rings. The lowest BCUT2D eigenvalue weighted by Gasteiger charge is -2.10. The molecule has 2 aromatic rings. The van der Waals surface area contributed by atoms with Crippen LogP contribution < -0.4 is 5.32 Å². The monoisotopic (exact) mass is 249 g/mol. The number of rotatable bonds is 3. The first-order valence-corrected chi connectivity index (χ1v) is 5.91. The molecule has 1 aromatic heterocycles. The molecule has 1 aromatic carbocycles. The van der Waals surface area contributed by atoms with Crippen LogP contribution in [0.3, 0.4) is 0 Å². The van der Waals surface area contributed by atoms with Crippen LogP contribution in [-0.2, 0) is 0 Å². The van der Waals surface area contributed by atoms with Gasteiger partial charge in [0, 0.05) is 12.2 Å². The summed E-state index contributed by atoms with van der Waals surface area (Å²) in [6.45, 7) is 1.86. The lowest BCUT2D eigenvalue weighted by Crippen LogP contribution is -2.04. The molecule has 1 fully saturated rings. The maximum absolute atomic E-state index is 13.6. The molecule has 0 aliphatic heterocycles. The third kappa shape index (κ3) is 1.96. The molecule has 1 aliphatic carbocycles. The maximum Gasteiger partial charge on any atom is 0.207 e. The van der Waals surface area contributed by atoms with Gasteiger partial charge in [0.25, 0.3) is 0 Å². The van der Waals surface area contributed by atoms with Gasteiger partial charge in [-0.1, -0.05) is 6.07 Å². The number of hydrogen-bond donors (Lipinski definition) is 1. The highest BCUT2D eigenvalue weighted by atomic mass is 19.1. The second kappa shape index (κ2) is 4.08. The van der Waals surface area contributed by atoms with Gasteiger partial charge in [-0.3, -0.25) is 0 Å². The number of benzene rings is 1. The van der Waals surface area contributed by atoms with Crippen LogP contribution in [0.1, 0.15) is 24.6 Å². The molecule has 3 nitrogen and oxygen atoms in total. The van der Waals surface area contributed by atoms with Crippen molar-refractivity contribution in [3.63, 3.8) is 0 Å². The van der Waals surface area contributed by atoms with Crippen molar-refractivity contribution in [2.24, 2.45) is 0 Å². The minimum absolute atomic E-state index is 0.148. The minimum atomic E-state index is -0.613. The predicted octanol–water partition coefficient (Wildman–Crippen LogP) is 3.55. The zero-order valence-electron chi connectivity index (χ0n) is 9.95. The van der Waals surface area contributed by atoms with Crippen LogP contribution in [0.4, 0.5) is 20.4 Å². The van der Waals surface area contributed by atoms with E-state index in [1.165, 1.54) is 18.2 Å². The van der Waals surface area contributed by atoms with E-state index >= 15 is 0 Å². The molecular formula is C13H13F2N3. The van der Waals surface area contributed by atoms with E-state index in [0.29, 0.717) is 12.0 Å². The first-order valence-electron chi connectivity index (χ1n) is 5.91. The smallest absolute Gasteiger partial charge is 0.207 e. The zero-order chi connectivity index (χ0) is 12.7. The molecule has 18 heavy (non-hydrogen) atoms. The third-order valence-electron chi connectivity index (χ3n) is 2.99. The van der Waals surface area contributed by atoms with Crippen molar-refractivity contribution in [2.45, 2.75) is 25.8 Å². The summed E-state index contributed by atoms with van der Waals surface area (Å²) in [5.74, 6) is -0.727. The quantitative estimate of drug-likeness (QED) is 0.901. The van der Waals surface area contributed by atoms with Crippen LogP contribution in [0.5, 0.6) is 0 Å². The van der Waals surface area contributed by atoms with Crippen molar-refractivity contribution in [3.05, 3.63) is 41.7 Å². The summed E-state index contributed by atoms with van der Waals surface area (Å²) in [7, 11) is 0. The lowest BCUT2D eigenvalue weighted by atomic mass is 10.3. The molecule has 0 saturated heterocycles. The highest BCUT2D eigenvalue weighted by Gasteiger charge is 2.26. The van der Waals surface area contributed by atoms with E-state index in [2.05, 4.69) is 10.3 Å². The number of anilines is 2. The Labute approximate surface area is 103 Å². The molecule has 5 heteroatoms. The van der Waals surface area contributed by atoms with E-state index < -0.39 is 11.6 Å². The standard InChI is InChI=1S/C13H13F2N3/c1-8-7-18(9-5-6-9)13(16-8)17-12-10(14)3-2-4-11(12)15/h2-4,7,9H,5-6H2,1H3,(H,16,17). The summed E-state index contributed by atoms with van der Waals surface area (Å²) in [4.78, 5) is 4.27. The van der Waals surface area contributed by atoms with Crippen molar-refractivity contribution in [2.75, 3.05) is 5.32 Å². The van der Waals surface area contributed by atoms with E-state index in [-0.39, 0.29) is 5.69 Å². The van der Waals surface area contributed by atoms with Crippen molar-refractivity contribution in [3.8, 4) is 0 Å². The SMILES string of the molecule is Cc1cn(C2CC2)c(Nc2c(F)cccc2F)n1. The molecule has 0 amide bonds. The number of aryl methyl sites for hydroxylation is 1. The van der Waals surface area contributed by atoms with Crippen LogP contribution in [0, 0.1) is 18.6 Å². The van der Waals surface area contributed by atoms with Crippen LogP contribution in [0.2, 0.25) is 0 Å². The lowest BCUT2D eigenvalue weighted by molar-refractivity contribution is 0.589. The van der Waals surface area contributed by atoms with Gasteiger partial charge in [-0.25, -0.2) is 13.8 Å². The van der Waals surface area contributed by atoms with Crippen molar-refractivity contribution in [1.82, 2.24) is 9.55 Å². The average Bonchev–Trinajstić information content (AvgIpc) is 3.09. The van der Waals surface area contributed by atoms with Gasteiger partial charge in [0.2, 0.25) is 5.95 Å². The summed E-state index contributed by atoms with van der Waals surface area (Å²) in [5.41, 5.74) is 0.686. The zero-order valence-corrected chi connectivity index (χ0v) is 9.95. The molecule has 1 saturated carbocycles. The molecule has 3 rings (SSSR count). The first-order chi connectivity index (χ1) is 8.65. The molecule has 0 unspecified atom stereocenters. The summed E-state index contributed by atoms with van der Waals surface area (Å²) < 4.78 is 29.0. The molecule has 0 radical (unpaired) electrons. The van der Waals surface area contributed by atoms with Gasteiger partial charge in [-0.15, -0.1) is 0 Å². The van der Waals surface area contributed by atoms with E-state index in [0.717, 1.165) is 18.5 Å². The highest BCUT2D eigenvalue weighted by Crippen LogP contribution is 2.38. The number of aromatic nitrogens is 2. The van der Waals surface area contributed by atoms with Crippen LogP contribution in [0.15, 0.2) is 24.4 Å². The van der Waals surface area contributed by atoms with Gasteiger partial charge < -0.3 is 9.88 Å². The van der Waals surface area contributed by atoms with Gasteiger partial charge >= 0.3 is 0 Å². The molecule has 94 valence electrons. The fraction of sp³-hybridized carbons (Fsp3) is 0.308. The Morgan fingerprint density at radius 3 is 2.56 bits per heavy atom. The Morgan fingerprint density at radius 1 is 1.28 bits per heavy atom. The third-order valence-corrected chi connectivity index (χ3v) is 2.99. The Morgan fingerprint density at radius 2 is 1.94 bits per heavy atom. The number of halogens is 2. The summed E-state index contributed by atoms with van der Waals surface area (Å²) in [6.07, 6.45) is 4.08. The maximum atomic E-state index is 13.6. The van der Waals surface area contributed by atoms with Gasteiger partial charge in [-0.05, 0) is 31.9 Å². The number of imidazole rings is 1. The Hall–Kier alpha value is -1.91. The first kappa shape index (κ1) is 11.2. The van der Waals surface area contributed by atoms with Crippen molar-refractivity contribution >= 4 is 11.6 Å². The second-order valence-corrected chi connectivity index (χ2v) is 4.57.